The maximum atomic E-state index is 5.87. The fourth-order valence-electron chi connectivity index (χ4n) is 1.37. The van der Waals surface area contributed by atoms with Gasteiger partial charge in [-0.2, -0.15) is 0 Å². The first-order chi connectivity index (χ1) is 7.86. The minimum atomic E-state index is 0.560. The van der Waals surface area contributed by atoms with Crippen molar-refractivity contribution in [1.29, 1.82) is 0 Å². The number of hydrogen-bond donors (Lipinski definition) is 1. The van der Waals surface area contributed by atoms with E-state index in [1.165, 1.54) is 0 Å². The maximum absolute atomic E-state index is 5.87. The van der Waals surface area contributed by atoms with Gasteiger partial charge in [-0.1, -0.05) is 36.4 Å². The molecule has 2 aromatic rings. The normalized spacial score (nSPS) is 11.4. The molecule has 2 rings (SSSR count). The third kappa shape index (κ3) is 2.67. The molecule has 0 fully saturated rings. The van der Waals surface area contributed by atoms with E-state index in [1.54, 1.807) is 12.4 Å². The van der Waals surface area contributed by atoms with Crippen molar-refractivity contribution in [3.05, 3.63) is 66.0 Å². The van der Waals surface area contributed by atoms with E-state index in [0.717, 1.165) is 11.1 Å². The Labute approximate surface area is 94.7 Å². The van der Waals surface area contributed by atoms with Crippen molar-refractivity contribution in [3.63, 3.8) is 0 Å². The van der Waals surface area contributed by atoms with Crippen LogP contribution in [0.25, 0.3) is 0 Å². The second-order valence-electron chi connectivity index (χ2n) is 3.43. The molecule has 0 atom stereocenters. The summed E-state index contributed by atoms with van der Waals surface area (Å²) < 4.78 is 0. The molecule has 0 unspecified atom stereocenters. The molecular formula is C13H13N3. The number of aliphatic imine (C=N–C) groups is 1. The molecule has 1 heterocycles. The first kappa shape index (κ1) is 10.4. The Bertz CT molecular complexity index is 463. The lowest BCUT2D eigenvalue weighted by molar-refractivity contribution is 1.04. The Morgan fingerprint density at radius 1 is 1.12 bits per heavy atom. The molecule has 16 heavy (non-hydrogen) atoms. The van der Waals surface area contributed by atoms with Crippen LogP contribution in [-0.2, 0) is 6.54 Å². The van der Waals surface area contributed by atoms with E-state index in [-0.39, 0.29) is 0 Å². The van der Waals surface area contributed by atoms with Gasteiger partial charge >= 0.3 is 0 Å². The molecule has 1 aromatic heterocycles. The van der Waals surface area contributed by atoms with Gasteiger partial charge in [0.05, 0.1) is 6.54 Å². The molecule has 0 saturated heterocycles. The van der Waals surface area contributed by atoms with Crippen molar-refractivity contribution in [2.45, 2.75) is 6.54 Å². The summed E-state index contributed by atoms with van der Waals surface area (Å²) in [5, 5.41) is 0. The second-order valence-corrected chi connectivity index (χ2v) is 3.43. The summed E-state index contributed by atoms with van der Waals surface area (Å²) in [6.45, 7) is 0.564. The molecule has 0 aliphatic heterocycles. The average molecular weight is 211 g/mol. The van der Waals surface area contributed by atoms with Crippen LogP contribution in [0.2, 0.25) is 0 Å². The van der Waals surface area contributed by atoms with E-state index in [4.69, 9.17) is 5.73 Å². The molecule has 0 amide bonds. The highest BCUT2D eigenvalue weighted by Gasteiger charge is 1.96. The predicted molar refractivity (Wildman–Crippen MR) is 65.1 cm³/mol. The van der Waals surface area contributed by atoms with Crippen LogP contribution in [0.5, 0.6) is 0 Å². The number of benzene rings is 1. The Balaban J connectivity index is 2.09. The van der Waals surface area contributed by atoms with E-state index >= 15 is 0 Å². The molecular weight excluding hydrogens is 198 g/mol. The van der Waals surface area contributed by atoms with E-state index < -0.39 is 0 Å². The summed E-state index contributed by atoms with van der Waals surface area (Å²) in [6, 6.07) is 13.6. The van der Waals surface area contributed by atoms with Crippen LogP contribution in [0.3, 0.4) is 0 Å². The number of rotatable bonds is 3. The molecule has 0 saturated carbocycles. The minimum absolute atomic E-state index is 0.560. The molecule has 0 radical (unpaired) electrons. The lowest BCUT2D eigenvalue weighted by Crippen LogP contribution is -2.13. The van der Waals surface area contributed by atoms with Gasteiger partial charge in [0, 0.05) is 18.0 Å². The molecule has 3 heteroatoms. The van der Waals surface area contributed by atoms with Crippen LogP contribution in [0.1, 0.15) is 11.1 Å². The van der Waals surface area contributed by atoms with E-state index in [2.05, 4.69) is 9.98 Å². The summed E-state index contributed by atoms with van der Waals surface area (Å²) in [7, 11) is 0. The van der Waals surface area contributed by atoms with Crippen LogP contribution in [0.4, 0.5) is 0 Å². The number of nitrogens with zero attached hydrogens (tertiary/aromatic N) is 2. The van der Waals surface area contributed by atoms with E-state index in [0.29, 0.717) is 12.4 Å². The van der Waals surface area contributed by atoms with Gasteiger partial charge in [-0.3, -0.25) is 9.98 Å². The molecule has 0 spiro atoms. The van der Waals surface area contributed by atoms with Crippen LogP contribution in [0.15, 0.2) is 59.9 Å². The monoisotopic (exact) mass is 211 g/mol. The summed E-state index contributed by atoms with van der Waals surface area (Å²) in [6.07, 6.45) is 3.54. The van der Waals surface area contributed by atoms with Gasteiger partial charge < -0.3 is 5.73 Å². The first-order valence-electron chi connectivity index (χ1n) is 5.10. The van der Waals surface area contributed by atoms with Crippen molar-refractivity contribution in [3.8, 4) is 0 Å². The van der Waals surface area contributed by atoms with Gasteiger partial charge in [0.15, 0.2) is 0 Å². The lowest BCUT2D eigenvalue weighted by atomic mass is 10.2. The highest BCUT2D eigenvalue weighted by Crippen LogP contribution is 2.01. The smallest absolute Gasteiger partial charge is 0.125 e. The molecule has 3 nitrogen and oxygen atoms in total. The van der Waals surface area contributed by atoms with Crippen molar-refractivity contribution in [2.24, 2.45) is 10.7 Å². The molecule has 2 N–H and O–H groups in total. The number of nitrogens with two attached hydrogens (primary N) is 1. The fraction of sp³-hybridized carbons (Fsp3) is 0.0769. The molecule has 0 aliphatic carbocycles. The highest BCUT2D eigenvalue weighted by atomic mass is 14.8. The highest BCUT2D eigenvalue weighted by molar-refractivity contribution is 5.97. The fourth-order valence-corrected chi connectivity index (χ4v) is 1.37. The zero-order chi connectivity index (χ0) is 11.2. The van der Waals surface area contributed by atoms with Crippen molar-refractivity contribution in [2.75, 3.05) is 0 Å². The number of amidine groups is 1. The quantitative estimate of drug-likeness (QED) is 0.623. The minimum Gasteiger partial charge on any atom is -0.383 e. The zero-order valence-corrected chi connectivity index (χ0v) is 8.88. The van der Waals surface area contributed by atoms with Crippen molar-refractivity contribution < 1.29 is 0 Å². The van der Waals surface area contributed by atoms with Gasteiger partial charge in [0.2, 0.25) is 0 Å². The lowest BCUT2D eigenvalue weighted by Gasteiger charge is -2.00. The average Bonchev–Trinajstić information content (AvgIpc) is 2.38. The number of aromatic nitrogens is 1. The van der Waals surface area contributed by atoms with Crippen LogP contribution in [0, 0.1) is 0 Å². The predicted octanol–water partition coefficient (Wildman–Crippen LogP) is 1.99. The Kier molecular flexibility index (Phi) is 3.28. The van der Waals surface area contributed by atoms with E-state index in [9.17, 15) is 0 Å². The van der Waals surface area contributed by atoms with Gasteiger partial charge in [0.25, 0.3) is 0 Å². The summed E-state index contributed by atoms with van der Waals surface area (Å²) in [5.74, 6) is 0.560. The second kappa shape index (κ2) is 5.07. The molecule has 0 bridgehead atoms. The van der Waals surface area contributed by atoms with Crippen LogP contribution in [-0.4, -0.2) is 10.8 Å². The summed E-state index contributed by atoms with van der Waals surface area (Å²) in [5.41, 5.74) is 7.88. The maximum Gasteiger partial charge on any atom is 0.125 e. The zero-order valence-electron chi connectivity index (χ0n) is 8.88. The molecule has 80 valence electrons. The van der Waals surface area contributed by atoms with Gasteiger partial charge in [-0.05, 0) is 11.6 Å². The Morgan fingerprint density at radius 3 is 2.62 bits per heavy atom. The van der Waals surface area contributed by atoms with Gasteiger partial charge in [-0.15, -0.1) is 0 Å². The third-order valence-electron chi connectivity index (χ3n) is 2.22. The summed E-state index contributed by atoms with van der Waals surface area (Å²) in [4.78, 5) is 8.34. The van der Waals surface area contributed by atoms with Crippen LogP contribution >= 0.6 is 0 Å². The van der Waals surface area contributed by atoms with Crippen molar-refractivity contribution >= 4 is 5.84 Å². The molecule has 1 aromatic carbocycles. The standard InChI is InChI=1S/C13H13N3/c14-13(12-6-2-1-3-7-12)16-10-11-5-4-8-15-9-11/h1-9H,10H2,(H2,14,16). The third-order valence-corrected chi connectivity index (χ3v) is 2.22. The summed E-state index contributed by atoms with van der Waals surface area (Å²) >= 11 is 0. The SMILES string of the molecule is NC(=NCc1cccnc1)c1ccccc1. The van der Waals surface area contributed by atoms with Crippen LogP contribution < -0.4 is 5.73 Å². The Hall–Kier alpha value is -2.16. The molecule has 0 aliphatic rings. The number of hydrogen-bond acceptors (Lipinski definition) is 2. The van der Waals surface area contributed by atoms with Gasteiger partial charge in [-0.25, -0.2) is 0 Å². The topological polar surface area (TPSA) is 51.3 Å². The van der Waals surface area contributed by atoms with Gasteiger partial charge in [0.1, 0.15) is 5.84 Å². The largest absolute Gasteiger partial charge is 0.383 e. The number of pyridine rings is 1. The Morgan fingerprint density at radius 2 is 1.94 bits per heavy atom. The first-order valence-corrected chi connectivity index (χ1v) is 5.10. The van der Waals surface area contributed by atoms with Crippen molar-refractivity contribution in [1.82, 2.24) is 4.98 Å². The van der Waals surface area contributed by atoms with E-state index in [1.807, 2.05) is 42.5 Å².